The number of carbonyl (C=O) groups excluding carboxylic acids is 1. The van der Waals surface area contributed by atoms with Gasteiger partial charge in [0.25, 0.3) is 0 Å². The van der Waals surface area contributed by atoms with Gasteiger partial charge in [0.15, 0.2) is 5.78 Å². The van der Waals surface area contributed by atoms with Crippen LogP contribution in [0.15, 0.2) is 12.1 Å². The van der Waals surface area contributed by atoms with Crippen molar-refractivity contribution in [3.63, 3.8) is 0 Å². The maximum Gasteiger partial charge on any atom is 0.176 e. The monoisotopic (exact) mass is 298 g/mol. The molecule has 0 aliphatic heterocycles. The van der Waals surface area contributed by atoms with Crippen LogP contribution in [-0.2, 0) is 0 Å². The SMILES string of the molecule is COc1cc(C)c(C(=O)C(C)Br)cc1C(C)C. The maximum absolute atomic E-state index is 12.1. The Labute approximate surface area is 111 Å². The van der Waals surface area contributed by atoms with Gasteiger partial charge in [-0.2, -0.15) is 0 Å². The summed E-state index contributed by atoms with van der Waals surface area (Å²) in [6.07, 6.45) is 0. The lowest BCUT2D eigenvalue weighted by Gasteiger charge is -2.16. The Morgan fingerprint density at radius 1 is 1.29 bits per heavy atom. The highest BCUT2D eigenvalue weighted by molar-refractivity contribution is 9.10. The van der Waals surface area contributed by atoms with Gasteiger partial charge < -0.3 is 4.74 Å². The van der Waals surface area contributed by atoms with E-state index in [1.165, 1.54) is 0 Å². The van der Waals surface area contributed by atoms with Gasteiger partial charge in [-0.15, -0.1) is 0 Å². The van der Waals surface area contributed by atoms with Crippen molar-refractivity contribution < 1.29 is 9.53 Å². The van der Waals surface area contributed by atoms with Crippen LogP contribution < -0.4 is 4.74 Å². The van der Waals surface area contributed by atoms with Gasteiger partial charge in [0.1, 0.15) is 5.75 Å². The largest absolute Gasteiger partial charge is 0.496 e. The second kappa shape index (κ2) is 5.67. The van der Waals surface area contributed by atoms with Gasteiger partial charge in [-0.1, -0.05) is 29.8 Å². The van der Waals surface area contributed by atoms with Gasteiger partial charge in [0, 0.05) is 5.56 Å². The summed E-state index contributed by atoms with van der Waals surface area (Å²) in [6.45, 7) is 7.98. The first-order valence-corrected chi connectivity index (χ1v) is 6.66. The minimum Gasteiger partial charge on any atom is -0.496 e. The van der Waals surface area contributed by atoms with Crippen LogP contribution in [0.25, 0.3) is 0 Å². The number of ketones is 1. The predicted octanol–water partition coefficient (Wildman–Crippen LogP) is 4.09. The van der Waals surface area contributed by atoms with E-state index >= 15 is 0 Å². The Bertz CT molecular complexity index is 422. The van der Waals surface area contributed by atoms with Crippen LogP contribution in [0.1, 0.15) is 48.2 Å². The van der Waals surface area contributed by atoms with Crippen LogP contribution in [0.5, 0.6) is 5.75 Å². The van der Waals surface area contributed by atoms with Crippen LogP contribution in [0.3, 0.4) is 0 Å². The molecule has 3 heteroatoms. The molecule has 1 aromatic rings. The lowest BCUT2D eigenvalue weighted by atomic mass is 9.94. The van der Waals surface area contributed by atoms with E-state index in [1.807, 2.05) is 26.0 Å². The quantitative estimate of drug-likeness (QED) is 0.618. The number of Topliss-reactive ketones (excluding diaryl/α,β-unsaturated/α-hetero) is 1. The van der Waals surface area contributed by atoms with Crippen molar-refractivity contribution in [2.45, 2.75) is 38.4 Å². The van der Waals surface area contributed by atoms with Crippen molar-refractivity contribution in [1.29, 1.82) is 0 Å². The first-order chi connectivity index (χ1) is 7.88. The minimum absolute atomic E-state index is 0.118. The zero-order chi connectivity index (χ0) is 13.2. The van der Waals surface area contributed by atoms with Crippen LogP contribution >= 0.6 is 15.9 Å². The smallest absolute Gasteiger partial charge is 0.176 e. The summed E-state index contributed by atoms with van der Waals surface area (Å²) in [4.78, 5) is 11.9. The van der Waals surface area contributed by atoms with Gasteiger partial charge in [0.05, 0.1) is 11.9 Å². The van der Waals surface area contributed by atoms with E-state index in [0.717, 1.165) is 22.4 Å². The van der Waals surface area contributed by atoms with E-state index < -0.39 is 0 Å². The molecule has 94 valence electrons. The van der Waals surface area contributed by atoms with Gasteiger partial charge >= 0.3 is 0 Å². The van der Waals surface area contributed by atoms with Gasteiger partial charge in [-0.25, -0.2) is 0 Å². The molecular formula is C14H19BrO2. The normalized spacial score (nSPS) is 12.6. The Morgan fingerprint density at radius 2 is 1.88 bits per heavy atom. The molecule has 0 N–H and O–H groups in total. The fourth-order valence-corrected chi connectivity index (χ4v) is 2.05. The summed E-state index contributed by atoms with van der Waals surface area (Å²) in [5.41, 5.74) is 2.82. The second-order valence-electron chi connectivity index (χ2n) is 4.54. The number of methoxy groups -OCH3 is 1. The third-order valence-electron chi connectivity index (χ3n) is 2.83. The molecule has 0 saturated carbocycles. The first-order valence-electron chi connectivity index (χ1n) is 5.75. The maximum atomic E-state index is 12.1. The van der Waals surface area contributed by atoms with Crippen molar-refractivity contribution in [2.24, 2.45) is 0 Å². The molecule has 0 radical (unpaired) electrons. The molecule has 17 heavy (non-hydrogen) atoms. The molecule has 0 bridgehead atoms. The van der Waals surface area contributed by atoms with Crippen molar-refractivity contribution in [2.75, 3.05) is 7.11 Å². The lowest BCUT2D eigenvalue weighted by molar-refractivity contribution is 0.0995. The van der Waals surface area contributed by atoms with Crippen molar-refractivity contribution in [3.8, 4) is 5.75 Å². The number of hydrogen-bond donors (Lipinski definition) is 0. The number of ether oxygens (including phenoxy) is 1. The molecule has 0 aliphatic carbocycles. The van der Waals surface area contributed by atoms with Crippen LogP contribution in [0.2, 0.25) is 0 Å². The zero-order valence-corrected chi connectivity index (χ0v) is 12.6. The van der Waals surface area contributed by atoms with Gasteiger partial charge in [0.2, 0.25) is 0 Å². The van der Waals surface area contributed by atoms with Crippen LogP contribution in [-0.4, -0.2) is 17.7 Å². The molecule has 0 aliphatic rings. The molecule has 1 unspecified atom stereocenters. The standard InChI is InChI=1S/C14H19BrO2/c1-8(2)11-7-12(14(16)10(4)15)9(3)6-13(11)17-5/h6-8,10H,1-5H3. The van der Waals surface area contributed by atoms with E-state index in [1.54, 1.807) is 7.11 Å². The summed E-state index contributed by atoms with van der Waals surface area (Å²) < 4.78 is 5.36. The van der Waals surface area contributed by atoms with E-state index in [2.05, 4.69) is 29.8 Å². The van der Waals surface area contributed by atoms with Crippen molar-refractivity contribution >= 4 is 21.7 Å². The molecule has 0 saturated heterocycles. The topological polar surface area (TPSA) is 26.3 Å². The van der Waals surface area contributed by atoms with E-state index in [9.17, 15) is 4.79 Å². The minimum atomic E-state index is -0.158. The molecular weight excluding hydrogens is 280 g/mol. The molecule has 1 rings (SSSR count). The number of alkyl halides is 1. The number of halogens is 1. The molecule has 2 nitrogen and oxygen atoms in total. The summed E-state index contributed by atoms with van der Waals surface area (Å²) in [7, 11) is 1.66. The van der Waals surface area contributed by atoms with Crippen molar-refractivity contribution in [1.82, 2.24) is 0 Å². The average molecular weight is 299 g/mol. The summed E-state index contributed by atoms with van der Waals surface area (Å²) in [5, 5.41) is 0. The fraction of sp³-hybridized carbons (Fsp3) is 0.500. The Hall–Kier alpha value is -0.830. The second-order valence-corrected chi connectivity index (χ2v) is 5.92. The Balaban J connectivity index is 3.34. The summed E-state index contributed by atoms with van der Waals surface area (Å²) in [6, 6.07) is 3.90. The molecule has 0 fully saturated rings. The van der Waals surface area contributed by atoms with Gasteiger partial charge in [-0.3, -0.25) is 4.79 Å². The highest BCUT2D eigenvalue weighted by Gasteiger charge is 2.18. The van der Waals surface area contributed by atoms with Gasteiger partial charge in [-0.05, 0) is 43.0 Å². The Morgan fingerprint density at radius 3 is 2.29 bits per heavy atom. The lowest BCUT2D eigenvalue weighted by Crippen LogP contribution is -2.12. The third kappa shape index (κ3) is 3.09. The number of rotatable bonds is 4. The molecule has 0 spiro atoms. The average Bonchev–Trinajstić information content (AvgIpc) is 2.27. The van der Waals surface area contributed by atoms with E-state index in [4.69, 9.17) is 4.74 Å². The number of carbonyl (C=O) groups is 1. The van der Waals surface area contributed by atoms with E-state index in [0.29, 0.717) is 5.92 Å². The molecule has 0 amide bonds. The Kier molecular flexibility index (Phi) is 4.75. The van der Waals surface area contributed by atoms with Crippen molar-refractivity contribution in [3.05, 3.63) is 28.8 Å². The number of hydrogen-bond acceptors (Lipinski definition) is 2. The van der Waals surface area contributed by atoms with Crippen LogP contribution in [0.4, 0.5) is 0 Å². The highest BCUT2D eigenvalue weighted by Crippen LogP contribution is 2.30. The first kappa shape index (κ1) is 14.2. The summed E-state index contributed by atoms with van der Waals surface area (Å²) in [5.74, 6) is 1.31. The third-order valence-corrected chi connectivity index (χ3v) is 3.24. The molecule has 1 atom stereocenters. The molecule has 1 aromatic carbocycles. The van der Waals surface area contributed by atoms with Crippen LogP contribution in [0, 0.1) is 6.92 Å². The number of aryl methyl sites for hydroxylation is 1. The summed E-state index contributed by atoms with van der Waals surface area (Å²) >= 11 is 3.33. The zero-order valence-electron chi connectivity index (χ0n) is 11.0. The molecule has 0 aromatic heterocycles. The van der Waals surface area contributed by atoms with E-state index in [-0.39, 0.29) is 10.6 Å². The predicted molar refractivity (Wildman–Crippen MR) is 74.5 cm³/mol. The molecule has 0 heterocycles. The fourth-order valence-electron chi connectivity index (χ4n) is 1.81. The number of benzene rings is 1. The highest BCUT2D eigenvalue weighted by atomic mass is 79.9.